The van der Waals surface area contributed by atoms with Crippen LogP contribution >= 0.6 is 0 Å². The largest absolute Gasteiger partial charge is 0.383 e. The zero-order valence-corrected chi connectivity index (χ0v) is 12.2. The monoisotopic (exact) mass is 262 g/mol. The normalized spacial score (nSPS) is 18.6. The Bertz CT molecular complexity index is 381. The number of nitrogens with zero attached hydrogens (tertiary/aromatic N) is 1. The van der Waals surface area contributed by atoms with Crippen LogP contribution in [0.15, 0.2) is 24.3 Å². The summed E-state index contributed by atoms with van der Waals surface area (Å²) < 4.78 is 5.09. The zero-order chi connectivity index (χ0) is 13.5. The first kappa shape index (κ1) is 14.5. The minimum Gasteiger partial charge on any atom is -0.383 e. The standard InChI is InChI=1S/C16H26N2O/c1-18(11-12-19-2)10-9-17-16-8-7-14-5-3-4-6-15(14)13-16/h3-6,16-17H,7-13H2,1-2H3. The van der Waals surface area contributed by atoms with E-state index in [1.54, 1.807) is 7.11 Å². The first-order chi connectivity index (χ1) is 9.29. The van der Waals surface area contributed by atoms with Crippen molar-refractivity contribution >= 4 is 0 Å². The van der Waals surface area contributed by atoms with Crippen molar-refractivity contribution in [3.05, 3.63) is 35.4 Å². The van der Waals surface area contributed by atoms with Gasteiger partial charge in [-0.15, -0.1) is 0 Å². The molecule has 0 spiro atoms. The van der Waals surface area contributed by atoms with E-state index in [9.17, 15) is 0 Å². The van der Waals surface area contributed by atoms with Gasteiger partial charge in [0.05, 0.1) is 6.61 Å². The molecule has 1 unspecified atom stereocenters. The number of hydrogen-bond donors (Lipinski definition) is 1. The Hall–Kier alpha value is -0.900. The molecule has 19 heavy (non-hydrogen) atoms. The lowest BCUT2D eigenvalue weighted by atomic mass is 9.88. The third-order valence-corrected chi connectivity index (χ3v) is 3.95. The number of rotatable bonds is 7. The number of likely N-dealkylation sites (N-methyl/N-ethyl adjacent to an activating group) is 1. The summed E-state index contributed by atoms with van der Waals surface area (Å²) in [6.45, 7) is 3.97. The van der Waals surface area contributed by atoms with Crippen LogP contribution in [-0.2, 0) is 17.6 Å². The minimum absolute atomic E-state index is 0.644. The average Bonchev–Trinajstić information content (AvgIpc) is 2.45. The second kappa shape index (κ2) is 7.63. The molecule has 0 saturated carbocycles. The van der Waals surface area contributed by atoms with Crippen molar-refractivity contribution in [2.75, 3.05) is 40.4 Å². The average molecular weight is 262 g/mol. The van der Waals surface area contributed by atoms with Gasteiger partial charge in [0.2, 0.25) is 0 Å². The Morgan fingerprint density at radius 3 is 2.84 bits per heavy atom. The molecule has 0 aromatic heterocycles. The van der Waals surface area contributed by atoms with Gasteiger partial charge in [-0.3, -0.25) is 0 Å². The quantitative estimate of drug-likeness (QED) is 0.809. The molecule has 1 atom stereocenters. The fourth-order valence-electron chi connectivity index (χ4n) is 2.69. The molecule has 1 aromatic carbocycles. The second-order valence-electron chi connectivity index (χ2n) is 5.46. The van der Waals surface area contributed by atoms with E-state index in [1.165, 1.54) is 30.4 Å². The Morgan fingerprint density at radius 2 is 2.05 bits per heavy atom. The summed E-state index contributed by atoms with van der Waals surface area (Å²) in [5, 5.41) is 3.69. The molecule has 0 heterocycles. The fourth-order valence-corrected chi connectivity index (χ4v) is 2.69. The molecule has 3 nitrogen and oxygen atoms in total. The molecule has 106 valence electrons. The van der Waals surface area contributed by atoms with Crippen LogP contribution < -0.4 is 5.32 Å². The second-order valence-corrected chi connectivity index (χ2v) is 5.46. The summed E-state index contributed by atoms with van der Waals surface area (Å²) in [5.74, 6) is 0. The molecule has 1 aromatic rings. The van der Waals surface area contributed by atoms with Gasteiger partial charge in [-0.1, -0.05) is 24.3 Å². The van der Waals surface area contributed by atoms with Crippen LogP contribution in [0.3, 0.4) is 0 Å². The highest BCUT2D eigenvalue weighted by atomic mass is 16.5. The molecule has 0 saturated heterocycles. The number of methoxy groups -OCH3 is 1. The Morgan fingerprint density at radius 1 is 1.26 bits per heavy atom. The highest BCUT2D eigenvalue weighted by Gasteiger charge is 2.17. The number of fused-ring (bicyclic) bond motifs is 1. The van der Waals surface area contributed by atoms with Gasteiger partial charge in [0.15, 0.2) is 0 Å². The van der Waals surface area contributed by atoms with Crippen molar-refractivity contribution in [2.45, 2.75) is 25.3 Å². The lowest BCUT2D eigenvalue weighted by Crippen LogP contribution is -2.39. The van der Waals surface area contributed by atoms with Crippen molar-refractivity contribution in [3.8, 4) is 0 Å². The molecular formula is C16H26N2O. The van der Waals surface area contributed by atoms with Crippen molar-refractivity contribution < 1.29 is 4.74 Å². The van der Waals surface area contributed by atoms with Gasteiger partial charge in [0, 0.05) is 32.8 Å². The smallest absolute Gasteiger partial charge is 0.0589 e. The Balaban J connectivity index is 1.68. The van der Waals surface area contributed by atoms with Crippen LogP contribution in [-0.4, -0.2) is 51.3 Å². The van der Waals surface area contributed by atoms with Crippen molar-refractivity contribution in [1.82, 2.24) is 10.2 Å². The van der Waals surface area contributed by atoms with E-state index in [-0.39, 0.29) is 0 Å². The van der Waals surface area contributed by atoms with Crippen LogP contribution in [0.4, 0.5) is 0 Å². The SMILES string of the molecule is COCCN(C)CCNC1CCc2ccccc2C1. The molecular weight excluding hydrogens is 236 g/mol. The van der Waals surface area contributed by atoms with Crippen molar-refractivity contribution in [1.29, 1.82) is 0 Å². The van der Waals surface area contributed by atoms with Gasteiger partial charge in [0.1, 0.15) is 0 Å². The molecule has 0 fully saturated rings. The van der Waals surface area contributed by atoms with E-state index in [0.29, 0.717) is 6.04 Å². The van der Waals surface area contributed by atoms with Gasteiger partial charge in [-0.2, -0.15) is 0 Å². The number of ether oxygens (including phenoxy) is 1. The Kier molecular flexibility index (Phi) is 5.83. The predicted octanol–water partition coefficient (Wildman–Crippen LogP) is 1.71. The van der Waals surface area contributed by atoms with Gasteiger partial charge in [0.25, 0.3) is 0 Å². The molecule has 0 aliphatic heterocycles. The topological polar surface area (TPSA) is 24.5 Å². The lowest BCUT2D eigenvalue weighted by Gasteiger charge is -2.26. The summed E-state index contributed by atoms with van der Waals surface area (Å²) in [6, 6.07) is 9.49. The van der Waals surface area contributed by atoms with E-state index in [0.717, 1.165) is 26.2 Å². The third kappa shape index (κ3) is 4.60. The zero-order valence-electron chi connectivity index (χ0n) is 12.2. The van der Waals surface area contributed by atoms with Crippen LogP contribution in [0.25, 0.3) is 0 Å². The molecule has 2 rings (SSSR count). The summed E-state index contributed by atoms with van der Waals surface area (Å²) in [6.07, 6.45) is 3.66. The highest BCUT2D eigenvalue weighted by molar-refractivity contribution is 5.30. The number of hydrogen-bond acceptors (Lipinski definition) is 3. The maximum absolute atomic E-state index is 5.09. The predicted molar refractivity (Wildman–Crippen MR) is 79.6 cm³/mol. The Labute approximate surface area is 116 Å². The van der Waals surface area contributed by atoms with E-state index in [1.807, 2.05) is 0 Å². The van der Waals surface area contributed by atoms with Crippen LogP contribution in [0, 0.1) is 0 Å². The fraction of sp³-hybridized carbons (Fsp3) is 0.625. The van der Waals surface area contributed by atoms with E-state index >= 15 is 0 Å². The van der Waals surface area contributed by atoms with Gasteiger partial charge < -0.3 is 15.0 Å². The first-order valence-electron chi connectivity index (χ1n) is 7.27. The lowest BCUT2D eigenvalue weighted by molar-refractivity contribution is 0.161. The molecule has 3 heteroatoms. The van der Waals surface area contributed by atoms with Crippen molar-refractivity contribution in [2.24, 2.45) is 0 Å². The first-order valence-corrected chi connectivity index (χ1v) is 7.27. The maximum atomic E-state index is 5.09. The number of nitrogens with one attached hydrogen (secondary N) is 1. The summed E-state index contributed by atoms with van der Waals surface area (Å²) in [4.78, 5) is 2.31. The molecule has 0 radical (unpaired) electrons. The number of benzene rings is 1. The van der Waals surface area contributed by atoms with Crippen LogP contribution in [0.1, 0.15) is 17.5 Å². The van der Waals surface area contributed by atoms with Gasteiger partial charge in [-0.05, 0) is 37.4 Å². The van der Waals surface area contributed by atoms with E-state index in [4.69, 9.17) is 4.74 Å². The molecule has 0 amide bonds. The summed E-state index contributed by atoms with van der Waals surface area (Å²) in [5.41, 5.74) is 3.07. The third-order valence-electron chi connectivity index (χ3n) is 3.95. The van der Waals surface area contributed by atoms with Gasteiger partial charge >= 0.3 is 0 Å². The molecule has 1 aliphatic rings. The highest BCUT2D eigenvalue weighted by Crippen LogP contribution is 2.20. The number of aryl methyl sites for hydroxylation is 1. The maximum Gasteiger partial charge on any atom is 0.0589 e. The van der Waals surface area contributed by atoms with Crippen LogP contribution in [0.5, 0.6) is 0 Å². The van der Waals surface area contributed by atoms with E-state index < -0.39 is 0 Å². The minimum atomic E-state index is 0.644. The van der Waals surface area contributed by atoms with Crippen molar-refractivity contribution in [3.63, 3.8) is 0 Å². The van der Waals surface area contributed by atoms with E-state index in [2.05, 4.69) is 41.5 Å². The molecule has 0 bridgehead atoms. The molecule has 1 N–H and O–H groups in total. The van der Waals surface area contributed by atoms with Gasteiger partial charge in [-0.25, -0.2) is 0 Å². The molecule has 1 aliphatic carbocycles. The van der Waals surface area contributed by atoms with Crippen LogP contribution in [0.2, 0.25) is 0 Å². The summed E-state index contributed by atoms with van der Waals surface area (Å²) in [7, 11) is 3.91. The summed E-state index contributed by atoms with van der Waals surface area (Å²) >= 11 is 0.